The van der Waals surface area contributed by atoms with Gasteiger partial charge in [0.05, 0.1) is 11.6 Å². The van der Waals surface area contributed by atoms with Gasteiger partial charge in [0.25, 0.3) is 5.91 Å². The molecule has 1 aromatic rings. The molecule has 1 aliphatic heterocycles. The van der Waals surface area contributed by atoms with Crippen molar-refractivity contribution in [3.05, 3.63) is 41.2 Å². The number of carbonyl (C=O) groups excluding carboxylic acids is 2. The lowest BCUT2D eigenvalue weighted by Crippen LogP contribution is -2.32. The minimum atomic E-state index is -0.644. The van der Waals surface area contributed by atoms with Crippen LogP contribution in [-0.2, 0) is 9.59 Å². The summed E-state index contributed by atoms with van der Waals surface area (Å²) in [7, 11) is 0. The Morgan fingerprint density at radius 2 is 2.00 bits per heavy atom. The van der Waals surface area contributed by atoms with E-state index < -0.39 is 17.7 Å². The Labute approximate surface area is 129 Å². The number of hydrogen-bond donors (Lipinski definition) is 2. The summed E-state index contributed by atoms with van der Waals surface area (Å²) < 4.78 is 0. The number of hydrogen-bond acceptors (Lipinski definition) is 4. The SMILES string of the molecule is CCCN1C(=O)C(O)=C(C(=O)C(C)C)C1c1cccc(O)c1. The van der Waals surface area contributed by atoms with Crippen molar-refractivity contribution in [2.45, 2.75) is 33.2 Å². The third-order valence-corrected chi connectivity index (χ3v) is 3.74. The first kappa shape index (κ1) is 16.1. The van der Waals surface area contributed by atoms with Gasteiger partial charge in [0.1, 0.15) is 5.75 Å². The summed E-state index contributed by atoms with van der Waals surface area (Å²) in [5.41, 5.74) is 0.744. The molecule has 0 bridgehead atoms. The normalized spacial score (nSPS) is 18.5. The van der Waals surface area contributed by atoms with Gasteiger partial charge in [0.15, 0.2) is 11.5 Å². The number of rotatable bonds is 5. The average molecular weight is 303 g/mol. The van der Waals surface area contributed by atoms with Gasteiger partial charge in [-0.2, -0.15) is 0 Å². The van der Waals surface area contributed by atoms with E-state index in [0.717, 1.165) is 0 Å². The van der Waals surface area contributed by atoms with Gasteiger partial charge in [-0.25, -0.2) is 0 Å². The van der Waals surface area contributed by atoms with Crippen LogP contribution in [0.1, 0.15) is 38.8 Å². The number of aliphatic hydroxyl groups is 1. The maximum Gasteiger partial charge on any atom is 0.290 e. The monoisotopic (exact) mass is 303 g/mol. The van der Waals surface area contributed by atoms with Gasteiger partial charge in [-0.1, -0.05) is 32.9 Å². The van der Waals surface area contributed by atoms with E-state index in [1.54, 1.807) is 26.0 Å². The Hall–Kier alpha value is -2.30. The second kappa shape index (κ2) is 6.22. The van der Waals surface area contributed by atoms with Crippen molar-refractivity contribution in [2.75, 3.05) is 6.54 Å². The number of Topliss-reactive ketones (excluding diaryl/α,β-unsaturated/α-hetero) is 1. The van der Waals surface area contributed by atoms with Crippen molar-refractivity contribution in [1.82, 2.24) is 4.90 Å². The lowest BCUT2D eigenvalue weighted by molar-refractivity contribution is -0.129. The lowest BCUT2D eigenvalue weighted by atomic mass is 9.91. The number of aromatic hydroxyl groups is 1. The molecule has 5 heteroatoms. The summed E-state index contributed by atoms with van der Waals surface area (Å²) >= 11 is 0. The first-order valence-corrected chi connectivity index (χ1v) is 7.45. The highest BCUT2D eigenvalue weighted by atomic mass is 16.3. The quantitative estimate of drug-likeness (QED) is 0.876. The maximum absolute atomic E-state index is 12.5. The van der Waals surface area contributed by atoms with Gasteiger partial charge in [-0.05, 0) is 24.1 Å². The Balaban J connectivity index is 2.56. The van der Waals surface area contributed by atoms with Crippen molar-refractivity contribution in [1.29, 1.82) is 0 Å². The molecule has 2 N–H and O–H groups in total. The molecule has 1 heterocycles. The van der Waals surface area contributed by atoms with E-state index in [9.17, 15) is 19.8 Å². The lowest BCUT2D eigenvalue weighted by Gasteiger charge is -2.27. The number of benzene rings is 1. The standard InChI is InChI=1S/C17H21NO4/c1-4-8-18-14(11-6-5-7-12(19)9-11)13(15(20)10(2)3)16(21)17(18)22/h5-7,9-10,14,19,21H,4,8H2,1-3H3. The van der Waals surface area contributed by atoms with Gasteiger partial charge >= 0.3 is 0 Å². The number of ketones is 1. The number of phenols is 1. The molecule has 0 spiro atoms. The number of aliphatic hydroxyl groups excluding tert-OH is 1. The summed E-state index contributed by atoms with van der Waals surface area (Å²) in [6.07, 6.45) is 0.706. The number of phenolic OH excluding ortho intramolecular Hbond substituents is 1. The zero-order valence-electron chi connectivity index (χ0n) is 13.0. The summed E-state index contributed by atoms with van der Waals surface area (Å²) in [4.78, 5) is 26.3. The minimum Gasteiger partial charge on any atom is -0.508 e. The zero-order chi connectivity index (χ0) is 16.4. The second-order valence-corrected chi connectivity index (χ2v) is 5.78. The Kier molecular flexibility index (Phi) is 4.54. The van der Waals surface area contributed by atoms with Gasteiger partial charge in [0.2, 0.25) is 0 Å². The molecule has 1 unspecified atom stereocenters. The van der Waals surface area contributed by atoms with E-state index >= 15 is 0 Å². The molecule has 1 aromatic carbocycles. The highest BCUT2D eigenvalue weighted by Gasteiger charge is 2.43. The van der Waals surface area contributed by atoms with Crippen LogP contribution in [0.5, 0.6) is 5.75 Å². The summed E-state index contributed by atoms with van der Waals surface area (Å²) in [5.74, 6) is -1.52. The molecule has 22 heavy (non-hydrogen) atoms. The first-order valence-electron chi connectivity index (χ1n) is 7.45. The van der Waals surface area contributed by atoms with Crippen molar-refractivity contribution >= 4 is 11.7 Å². The fourth-order valence-corrected chi connectivity index (χ4v) is 2.73. The molecule has 1 aliphatic rings. The largest absolute Gasteiger partial charge is 0.508 e. The van der Waals surface area contributed by atoms with Gasteiger partial charge in [-0.15, -0.1) is 0 Å². The number of nitrogens with zero attached hydrogens (tertiary/aromatic N) is 1. The van der Waals surface area contributed by atoms with E-state index in [4.69, 9.17) is 0 Å². The van der Waals surface area contributed by atoms with E-state index in [1.807, 2.05) is 6.92 Å². The molecule has 0 fully saturated rings. The van der Waals surface area contributed by atoms with Crippen LogP contribution in [-0.4, -0.2) is 33.3 Å². The van der Waals surface area contributed by atoms with Gasteiger partial charge in [-0.3, -0.25) is 9.59 Å². The van der Waals surface area contributed by atoms with E-state index in [2.05, 4.69) is 0 Å². The fraction of sp³-hybridized carbons (Fsp3) is 0.412. The van der Waals surface area contributed by atoms with Crippen LogP contribution in [0.3, 0.4) is 0 Å². The molecule has 0 aromatic heterocycles. The van der Waals surface area contributed by atoms with Crippen molar-refractivity contribution in [3.8, 4) is 5.75 Å². The smallest absolute Gasteiger partial charge is 0.290 e. The maximum atomic E-state index is 12.5. The van der Waals surface area contributed by atoms with Crippen LogP contribution in [0.4, 0.5) is 0 Å². The molecule has 0 saturated heterocycles. The first-order chi connectivity index (χ1) is 10.4. The summed E-state index contributed by atoms with van der Waals surface area (Å²) in [6.45, 7) is 5.81. The highest BCUT2D eigenvalue weighted by molar-refractivity contribution is 6.09. The molecule has 0 radical (unpaired) electrons. The number of carbonyl (C=O) groups is 2. The summed E-state index contributed by atoms with van der Waals surface area (Å²) in [5, 5.41) is 19.9. The molecule has 2 rings (SSSR count). The fourth-order valence-electron chi connectivity index (χ4n) is 2.73. The molecular formula is C17H21NO4. The van der Waals surface area contributed by atoms with E-state index in [-0.39, 0.29) is 23.0 Å². The molecule has 0 aliphatic carbocycles. The van der Waals surface area contributed by atoms with Crippen molar-refractivity contribution in [2.24, 2.45) is 5.92 Å². The highest BCUT2D eigenvalue weighted by Crippen LogP contribution is 2.39. The zero-order valence-corrected chi connectivity index (χ0v) is 13.0. The predicted molar refractivity (Wildman–Crippen MR) is 82.4 cm³/mol. The van der Waals surface area contributed by atoms with E-state index in [0.29, 0.717) is 18.5 Å². The van der Waals surface area contributed by atoms with Gasteiger partial charge in [0, 0.05) is 12.5 Å². The third-order valence-electron chi connectivity index (χ3n) is 3.74. The Morgan fingerprint density at radius 3 is 2.55 bits per heavy atom. The van der Waals surface area contributed by atoms with Crippen LogP contribution in [0.15, 0.2) is 35.6 Å². The van der Waals surface area contributed by atoms with Gasteiger partial charge < -0.3 is 15.1 Å². The van der Waals surface area contributed by atoms with Crippen LogP contribution < -0.4 is 0 Å². The molecule has 0 saturated carbocycles. The molecule has 1 atom stereocenters. The molecule has 1 amide bonds. The Bertz CT molecular complexity index is 633. The molecular weight excluding hydrogens is 282 g/mol. The third kappa shape index (κ3) is 2.71. The second-order valence-electron chi connectivity index (χ2n) is 5.78. The van der Waals surface area contributed by atoms with Crippen LogP contribution >= 0.6 is 0 Å². The molecule has 5 nitrogen and oxygen atoms in total. The summed E-state index contributed by atoms with van der Waals surface area (Å²) in [6, 6.07) is 5.80. The van der Waals surface area contributed by atoms with Crippen LogP contribution in [0.25, 0.3) is 0 Å². The van der Waals surface area contributed by atoms with Crippen molar-refractivity contribution < 1.29 is 19.8 Å². The van der Waals surface area contributed by atoms with Crippen LogP contribution in [0, 0.1) is 5.92 Å². The van der Waals surface area contributed by atoms with Crippen molar-refractivity contribution in [3.63, 3.8) is 0 Å². The average Bonchev–Trinajstić information content (AvgIpc) is 2.71. The van der Waals surface area contributed by atoms with Crippen LogP contribution in [0.2, 0.25) is 0 Å². The number of amides is 1. The predicted octanol–water partition coefficient (Wildman–Crippen LogP) is 2.72. The molecule has 118 valence electrons. The van der Waals surface area contributed by atoms with E-state index in [1.165, 1.54) is 17.0 Å². The minimum absolute atomic E-state index is 0.0594. The topological polar surface area (TPSA) is 77.8 Å². The Morgan fingerprint density at radius 1 is 1.32 bits per heavy atom.